The number of carbonyl (C=O) groups excluding carboxylic acids is 1. The molecule has 8 heteroatoms. The second-order valence-corrected chi connectivity index (χ2v) is 4.14. The number of hydrogen-bond acceptors (Lipinski definition) is 3. The minimum atomic E-state index is -4.74. The molecule has 0 aromatic heterocycles. The number of rotatable bonds is 4. The first-order valence-electron chi connectivity index (χ1n) is 5.60. The van der Waals surface area contributed by atoms with Gasteiger partial charge in [-0.15, -0.1) is 25.6 Å². The SMILES string of the molecule is CC(NC(=O)[C@@H](C)N)c1cccc(OC(F)(F)F)c1.Cl. The highest BCUT2D eigenvalue weighted by atomic mass is 35.5. The van der Waals surface area contributed by atoms with Crippen LogP contribution < -0.4 is 15.8 Å². The van der Waals surface area contributed by atoms with Gasteiger partial charge in [-0.1, -0.05) is 12.1 Å². The van der Waals surface area contributed by atoms with Crippen LogP contribution in [0.15, 0.2) is 24.3 Å². The lowest BCUT2D eigenvalue weighted by atomic mass is 10.1. The Labute approximate surface area is 120 Å². The van der Waals surface area contributed by atoms with Crippen molar-refractivity contribution in [3.63, 3.8) is 0 Å². The van der Waals surface area contributed by atoms with E-state index in [0.29, 0.717) is 5.56 Å². The van der Waals surface area contributed by atoms with Crippen molar-refractivity contribution in [2.24, 2.45) is 5.73 Å². The van der Waals surface area contributed by atoms with Gasteiger partial charge in [-0.25, -0.2) is 0 Å². The lowest BCUT2D eigenvalue weighted by Gasteiger charge is -2.17. The maximum atomic E-state index is 12.1. The standard InChI is InChI=1S/C12H15F3N2O2.ClH/c1-7(16)11(18)17-8(2)9-4-3-5-10(6-9)19-12(13,14)15;/h3-8H,16H2,1-2H3,(H,17,18);1H/t7-,8?;/m1./s1. The Hall–Kier alpha value is -1.47. The average Bonchev–Trinajstić information content (AvgIpc) is 2.26. The third-order valence-electron chi connectivity index (χ3n) is 2.36. The van der Waals surface area contributed by atoms with E-state index in [0.717, 1.165) is 0 Å². The highest BCUT2D eigenvalue weighted by Crippen LogP contribution is 2.25. The second-order valence-electron chi connectivity index (χ2n) is 4.14. The number of amides is 1. The number of carbonyl (C=O) groups is 1. The summed E-state index contributed by atoms with van der Waals surface area (Å²) in [4.78, 5) is 11.4. The zero-order valence-corrected chi connectivity index (χ0v) is 11.7. The van der Waals surface area contributed by atoms with Gasteiger partial charge in [-0.2, -0.15) is 0 Å². The van der Waals surface area contributed by atoms with Gasteiger partial charge in [0.05, 0.1) is 12.1 Å². The van der Waals surface area contributed by atoms with Gasteiger partial charge in [0.25, 0.3) is 0 Å². The van der Waals surface area contributed by atoms with Gasteiger partial charge in [0, 0.05) is 0 Å². The molecule has 0 radical (unpaired) electrons. The van der Waals surface area contributed by atoms with Crippen LogP contribution in [0.4, 0.5) is 13.2 Å². The molecule has 0 aliphatic carbocycles. The van der Waals surface area contributed by atoms with E-state index in [2.05, 4.69) is 10.1 Å². The van der Waals surface area contributed by atoms with Crippen molar-refractivity contribution in [2.45, 2.75) is 32.3 Å². The number of nitrogens with one attached hydrogen (secondary N) is 1. The Morgan fingerprint density at radius 1 is 1.35 bits per heavy atom. The quantitative estimate of drug-likeness (QED) is 0.898. The molecular formula is C12H16ClF3N2O2. The average molecular weight is 313 g/mol. The summed E-state index contributed by atoms with van der Waals surface area (Å²) in [5, 5.41) is 2.58. The van der Waals surface area contributed by atoms with Gasteiger partial charge in [-0.05, 0) is 31.5 Å². The van der Waals surface area contributed by atoms with Crippen LogP contribution in [0.2, 0.25) is 0 Å². The molecule has 0 fully saturated rings. The lowest BCUT2D eigenvalue weighted by molar-refractivity contribution is -0.274. The van der Waals surface area contributed by atoms with E-state index in [1.54, 1.807) is 13.0 Å². The van der Waals surface area contributed by atoms with Crippen LogP contribution in [0.5, 0.6) is 5.75 Å². The minimum absolute atomic E-state index is 0. The molecular weight excluding hydrogens is 297 g/mol. The molecule has 20 heavy (non-hydrogen) atoms. The highest BCUT2D eigenvalue weighted by molar-refractivity contribution is 5.85. The summed E-state index contributed by atoms with van der Waals surface area (Å²) in [5.74, 6) is -0.707. The van der Waals surface area contributed by atoms with Gasteiger partial charge in [-0.3, -0.25) is 4.79 Å². The van der Waals surface area contributed by atoms with Crippen LogP contribution >= 0.6 is 12.4 Å². The Morgan fingerprint density at radius 3 is 2.45 bits per heavy atom. The van der Waals surface area contributed by atoms with Crippen molar-refractivity contribution in [1.29, 1.82) is 0 Å². The molecule has 3 N–H and O–H groups in total. The summed E-state index contributed by atoms with van der Waals surface area (Å²) >= 11 is 0. The third-order valence-corrected chi connectivity index (χ3v) is 2.36. The van der Waals surface area contributed by atoms with E-state index in [1.165, 1.54) is 25.1 Å². The monoisotopic (exact) mass is 312 g/mol. The molecule has 1 unspecified atom stereocenters. The Morgan fingerprint density at radius 2 is 1.95 bits per heavy atom. The molecule has 1 amide bonds. The first-order valence-corrected chi connectivity index (χ1v) is 5.60. The van der Waals surface area contributed by atoms with Crippen LogP contribution in [0.25, 0.3) is 0 Å². The first-order chi connectivity index (χ1) is 8.69. The normalized spacial score (nSPS) is 13.9. The topological polar surface area (TPSA) is 64.4 Å². The molecule has 0 aliphatic rings. The van der Waals surface area contributed by atoms with Crippen molar-refractivity contribution in [2.75, 3.05) is 0 Å². The van der Waals surface area contributed by atoms with E-state index in [-0.39, 0.29) is 24.1 Å². The fourth-order valence-corrected chi connectivity index (χ4v) is 1.41. The number of halogens is 4. The Balaban J connectivity index is 0.00000361. The maximum absolute atomic E-state index is 12.1. The molecule has 0 spiro atoms. The van der Waals surface area contributed by atoms with Crippen molar-refractivity contribution in [3.05, 3.63) is 29.8 Å². The van der Waals surface area contributed by atoms with E-state index in [1.807, 2.05) is 0 Å². The summed E-state index contributed by atoms with van der Waals surface area (Å²) in [6, 6.07) is 4.28. The molecule has 1 aromatic rings. The van der Waals surface area contributed by atoms with E-state index in [9.17, 15) is 18.0 Å². The third kappa shape index (κ3) is 6.12. The summed E-state index contributed by atoms with van der Waals surface area (Å²) in [6.45, 7) is 3.16. The molecule has 1 rings (SSSR count). The van der Waals surface area contributed by atoms with Crippen LogP contribution in [0.1, 0.15) is 25.5 Å². The fourth-order valence-electron chi connectivity index (χ4n) is 1.41. The van der Waals surface area contributed by atoms with Gasteiger partial charge in [0.15, 0.2) is 0 Å². The van der Waals surface area contributed by atoms with Crippen LogP contribution in [0.3, 0.4) is 0 Å². The number of alkyl halides is 3. The maximum Gasteiger partial charge on any atom is 0.573 e. The highest BCUT2D eigenvalue weighted by Gasteiger charge is 2.31. The molecule has 0 saturated heterocycles. The summed E-state index contributed by atoms with van der Waals surface area (Å²) < 4.78 is 40.1. The van der Waals surface area contributed by atoms with Crippen LogP contribution in [-0.2, 0) is 4.79 Å². The van der Waals surface area contributed by atoms with E-state index >= 15 is 0 Å². The molecule has 4 nitrogen and oxygen atoms in total. The molecule has 2 atom stereocenters. The van der Waals surface area contributed by atoms with Crippen LogP contribution in [0, 0.1) is 0 Å². The predicted octanol–water partition coefficient (Wildman–Crippen LogP) is 2.53. The molecule has 0 heterocycles. The van der Waals surface area contributed by atoms with Gasteiger partial charge >= 0.3 is 6.36 Å². The van der Waals surface area contributed by atoms with Crippen LogP contribution in [-0.4, -0.2) is 18.3 Å². The van der Waals surface area contributed by atoms with E-state index < -0.39 is 18.4 Å². The smallest absolute Gasteiger partial charge is 0.406 e. The zero-order valence-electron chi connectivity index (χ0n) is 10.9. The van der Waals surface area contributed by atoms with Crippen molar-refractivity contribution >= 4 is 18.3 Å². The number of hydrogen-bond donors (Lipinski definition) is 2. The zero-order chi connectivity index (χ0) is 14.6. The predicted molar refractivity (Wildman–Crippen MR) is 70.6 cm³/mol. The fraction of sp³-hybridized carbons (Fsp3) is 0.417. The van der Waals surface area contributed by atoms with Gasteiger partial charge in [0.2, 0.25) is 5.91 Å². The van der Waals surface area contributed by atoms with Crippen molar-refractivity contribution in [1.82, 2.24) is 5.32 Å². The number of nitrogens with two attached hydrogens (primary N) is 1. The number of benzene rings is 1. The Kier molecular flexibility index (Phi) is 6.81. The van der Waals surface area contributed by atoms with E-state index in [4.69, 9.17) is 5.73 Å². The molecule has 1 aromatic carbocycles. The Bertz CT molecular complexity index is 453. The summed E-state index contributed by atoms with van der Waals surface area (Å²) in [5.41, 5.74) is 5.89. The summed E-state index contributed by atoms with van der Waals surface area (Å²) in [6.07, 6.45) is -4.74. The minimum Gasteiger partial charge on any atom is -0.406 e. The molecule has 114 valence electrons. The second kappa shape index (κ2) is 7.35. The molecule has 0 bridgehead atoms. The van der Waals surface area contributed by atoms with Gasteiger partial charge in [0.1, 0.15) is 5.75 Å². The summed E-state index contributed by atoms with van der Waals surface area (Å²) in [7, 11) is 0. The van der Waals surface area contributed by atoms with Crippen molar-refractivity contribution in [3.8, 4) is 5.75 Å². The van der Waals surface area contributed by atoms with Crippen molar-refractivity contribution < 1.29 is 22.7 Å². The lowest BCUT2D eigenvalue weighted by Crippen LogP contribution is -2.39. The molecule has 0 saturated carbocycles. The van der Waals surface area contributed by atoms with Gasteiger partial charge < -0.3 is 15.8 Å². The first kappa shape index (κ1) is 18.5. The number of ether oxygens (including phenoxy) is 1. The molecule has 0 aliphatic heterocycles. The largest absolute Gasteiger partial charge is 0.573 e.